The first-order valence-electron chi connectivity index (χ1n) is 17.0. The van der Waals surface area contributed by atoms with Crippen molar-refractivity contribution in [3.63, 3.8) is 0 Å². The lowest BCUT2D eigenvalue weighted by Crippen LogP contribution is -2.65. The largest absolute Gasteiger partial charge is 0.324 e. The van der Waals surface area contributed by atoms with Crippen LogP contribution in [0.1, 0.15) is 67.3 Å². The third-order valence-corrected chi connectivity index (χ3v) is 11.4. The molecule has 0 saturated heterocycles. The van der Waals surface area contributed by atoms with Gasteiger partial charge in [0.2, 0.25) is 20.0 Å². The van der Waals surface area contributed by atoms with Crippen LogP contribution < -0.4 is 20.9 Å². The average Bonchev–Trinajstić information content (AvgIpc) is 3.08. The summed E-state index contributed by atoms with van der Waals surface area (Å²) in [7, 11) is -6.36. The molecule has 0 unspecified atom stereocenters. The topological polar surface area (TPSA) is 217 Å². The van der Waals surface area contributed by atoms with Crippen LogP contribution in [0.2, 0.25) is 0 Å². The summed E-state index contributed by atoms with van der Waals surface area (Å²) in [6.45, 7) is 14.1. The normalized spacial score (nSPS) is 13.9. The van der Waals surface area contributed by atoms with Gasteiger partial charge in [-0.3, -0.25) is 15.0 Å². The molecule has 0 radical (unpaired) electrons. The van der Waals surface area contributed by atoms with Crippen LogP contribution in [0, 0.1) is 0 Å². The van der Waals surface area contributed by atoms with E-state index in [0.717, 1.165) is 0 Å². The molecule has 3 aromatic rings. The monoisotopic (exact) mass is 715 g/mol. The molecule has 3 heterocycles. The Morgan fingerprint density at radius 3 is 1.07 bits per heavy atom. The van der Waals surface area contributed by atoms with Crippen molar-refractivity contribution in [2.24, 2.45) is 11.5 Å². The molecule has 0 aliphatic carbocycles. The molecule has 0 amide bonds. The first kappa shape index (κ1) is 32.8. The first-order valence-corrected chi connectivity index (χ1v) is 18.3. The van der Waals surface area contributed by atoms with Crippen molar-refractivity contribution in [2.45, 2.75) is 92.2 Å². The van der Waals surface area contributed by atoms with E-state index in [1.165, 1.54) is 73.6 Å². The molecule has 0 saturated carbocycles. The lowest BCUT2D eigenvalue weighted by atomic mass is 9.85. The highest BCUT2D eigenvalue weighted by atomic mass is 35.7. The van der Waals surface area contributed by atoms with E-state index >= 15 is 0 Å². The second-order valence-electron chi connectivity index (χ2n) is 11.9. The third-order valence-electron chi connectivity index (χ3n) is 6.81. The maximum Gasteiger partial charge on any atom is 0.262 e. The Balaban J connectivity index is -0.000000364. The van der Waals surface area contributed by atoms with Crippen molar-refractivity contribution < 1.29 is 37.1 Å². The van der Waals surface area contributed by atoms with Crippen LogP contribution in [0.15, 0.2) is 88.3 Å². The van der Waals surface area contributed by atoms with Crippen LogP contribution in [0.5, 0.6) is 0 Å². The van der Waals surface area contributed by atoms with E-state index in [9.17, 15) is 25.3 Å². The Hall–Kier alpha value is -2.57. The summed E-state index contributed by atoms with van der Waals surface area (Å²) in [5.41, 5.74) is 8.49. The van der Waals surface area contributed by atoms with E-state index in [1.807, 2.05) is 27.7 Å². The lowest BCUT2D eigenvalue weighted by Gasteiger charge is -2.42. The summed E-state index contributed by atoms with van der Waals surface area (Å²) in [6.07, 6.45) is 8.07. The SMILES string of the molecule is CC(C)(N)C(C)(C)N.CC(C)(NS(=O)(=O)c1cccnc1)C(C)(C)NS(=O)(=O)c1cccnc1.O=S(=O)(Cl)c1cccnc1.[3H][3H].[3H][3H].[3H][3H].[3H][3H]. The molecular formula is C27H50ClN7O6S3. The van der Waals surface area contributed by atoms with Gasteiger partial charge in [-0.15, -0.1) is 0 Å². The van der Waals surface area contributed by atoms with Crippen LogP contribution in [-0.2, 0) is 29.1 Å². The van der Waals surface area contributed by atoms with E-state index in [4.69, 9.17) is 34.0 Å². The summed E-state index contributed by atoms with van der Waals surface area (Å²) in [5.74, 6) is 0. The molecule has 0 fully saturated rings. The maximum absolute atomic E-state index is 12.6. The van der Waals surface area contributed by atoms with Crippen LogP contribution in [0.25, 0.3) is 0 Å². The number of halogens is 1. The van der Waals surface area contributed by atoms with Gasteiger partial charge in [-0.1, -0.05) is 0 Å². The molecule has 0 aliphatic rings. The van der Waals surface area contributed by atoms with Crippen LogP contribution >= 0.6 is 10.7 Å². The number of hydrogen-bond donors (Lipinski definition) is 4. The standard InChI is InChI=1S/C16H22N4O4S2.C6H16N2.C5H4ClNO2S.4H2/c1-15(2,19-25(21,22)13-7-5-9-17-11-13)16(3,4)20-26(23,24)14-8-6-10-18-12-14;1-5(2,7)6(3,4)8;6-10(8,9)5-2-1-3-7-4-5;;;;/h5-12,19-20H,1-4H3;7-8H2,1-4H3;1-4H;4*1H/i;;;4*1+2T. The zero-order chi connectivity index (χ0) is 42.3. The van der Waals surface area contributed by atoms with Crippen LogP contribution in [0.3, 0.4) is 0 Å². The maximum atomic E-state index is 12.6. The van der Waals surface area contributed by atoms with Crippen molar-refractivity contribution in [2.75, 3.05) is 0 Å². The highest BCUT2D eigenvalue weighted by Crippen LogP contribution is 2.26. The second kappa shape index (κ2) is 14.7. The molecule has 17 heteroatoms. The van der Waals surface area contributed by atoms with Gasteiger partial charge in [-0.2, -0.15) is 0 Å². The van der Waals surface area contributed by atoms with Gasteiger partial charge in [0.15, 0.2) is 0 Å². The van der Waals surface area contributed by atoms with Gasteiger partial charge in [0.25, 0.3) is 9.05 Å². The summed E-state index contributed by atoms with van der Waals surface area (Å²) in [6, 6.07) is 8.75. The molecule has 0 aliphatic heterocycles. The number of nitrogens with one attached hydrogen (secondary N) is 2. The van der Waals surface area contributed by atoms with Crippen molar-refractivity contribution in [1.29, 1.82) is 0 Å². The quantitative estimate of drug-likeness (QED) is 0.234. The zero-order valence-corrected chi connectivity index (χ0v) is 29.2. The fourth-order valence-electron chi connectivity index (χ4n) is 2.55. The third kappa shape index (κ3) is 12.1. The average molecular weight is 716 g/mol. The second-order valence-corrected chi connectivity index (χ2v) is 17.8. The molecular weight excluding hydrogens is 650 g/mol. The van der Waals surface area contributed by atoms with Gasteiger partial charge in [-0.25, -0.2) is 34.7 Å². The molecule has 0 bridgehead atoms. The minimum atomic E-state index is -3.88. The minimum absolute atomic E-state index is 0.000934. The molecule has 44 heavy (non-hydrogen) atoms. The first-order chi connectivity index (χ1) is 23.7. The van der Waals surface area contributed by atoms with E-state index < -0.39 is 40.2 Å². The van der Waals surface area contributed by atoms with E-state index in [2.05, 4.69) is 24.4 Å². The van der Waals surface area contributed by atoms with E-state index in [1.54, 1.807) is 27.7 Å². The molecule has 0 aromatic carbocycles. The smallest absolute Gasteiger partial charge is 0.262 e. The van der Waals surface area contributed by atoms with E-state index in [0.29, 0.717) is 0 Å². The highest BCUT2D eigenvalue weighted by molar-refractivity contribution is 8.13. The minimum Gasteiger partial charge on any atom is -0.324 e. The number of nitrogens with zero attached hydrogens (tertiary/aromatic N) is 3. The highest BCUT2D eigenvalue weighted by Gasteiger charge is 2.43. The predicted octanol–water partition coefficient (Wildman–Crippen LogP) is 3.74. The summed E-state index contributed by atoms with van der Waals surface area (Å²) >= 11 is 0. The number of hydrogen-bond acceptors (Lipinski definition) is 11. The Kier molecular flexibility index (Phi) is 10.9. The van der Waals surface area contributed by atoms with Crippen molar-refractivity contribution in [3.8, 4) is 0 Å². The molecule has 0 spiro atoms. The molecule has 0 atom stereocenters. The van der Waals surface area contributed by atoms with Crippen molar-refractivity contribution >= 4 is 39.8 Å². The van der Waals surface area contributed by atoms with Crippen molar-refractivity contribution in [1.82, 2.24) is 24.4 Å². The number of sulfonamides is 2. The summed E-state index contributed by atoms with van der Waals surface area (Å²) in [4.78, 5) is 11.2. The Bertz CT molecular complexity index is 1600. The fourth-order valence-corrected chi connectivity index (χ4v) is 6.25. The van der Waals surface area contributed by atoms with Gasteiger partial charge >= 0.3 is 0 Å². The number of nitrogens with two attached hydrogens (primary N) is 2. The molecule has 3 aromatic heterocycles. The van der Waals surface area contributed by atoms with Gasteiger partial charge in [0.1, 0.15) is 14.7 Å². The van der Waals surface area contributed by atoms with Crippen LogP contribution in [0.4, 0.5) is 0 Å². The Labute approximate surface area is 278 Å². The zero-order valence-electron chi connectivity index (χ0n) is 34.0. The Morgan fingerprint density at radius 1 is 0.614 bits per heavy atom. The predicted molar refractivity (Wildman–Crippen MR) is 180 cm³/mol. The van der Waals surface area contributed by atoms with Gasteiger partial charge in [0, 0.05) is 81.9 Å². The van der Waals surface area contributed by atoms with Gasteiger partial charge < -0.3 is 11.5 Å². The summed E-state index contributed by atoms with van der Waals surface area (Å²) in [5, 5.41) is 0. The summed E-state index contributed by atoms with van der Waals surface area (Å²) < 4.78 is 117. The fraction of sp³-hybridized carbons (Fsp3) is 0.444. The number of pyridine rings is 3. The van der Waals surface area contributed by atoms with Gasteiger partial charge in [-0.05, 0) is 91.8 Å². The Morgan fingerprint density at radius 2 is 0.886 bits per heavy atom. The van der Waals surface area contributed by atoms with Gasteiger partial charge in [0.05, 0.1) is 0 Å². The molecule has 6 N–H and O–H groups in total. The van der Waals surface area contributed by atoms with Crippen LogP contribution in [-0.4, -0.2) is 62.4 Å². The number of aromatic nitrogens is 3. The van der Waals surface area contributed by atoms with Crippen molar-refractivity contribution in [3.05, 3.63) is 73.6 Å². The lowest BCUT2D eigenvalue weighted by molar-refractivity contribution is 0.256. The molecule has 3 rings (SSSR count). The van der Waals surface area contributed by atoms with E-state index in [-0.39, 0.29) is 25.8 Å². The number of rotatable bonds is 9. The molecule has 254 valence electrons. The molecule has 13 nitrogen and oxygen atoms in total.